The van der Waals surface area contributed by atoms with E-state index in [9.17, 15) is 9.59 Å². The maximum atomic E-state index is 11.0. The van der Waals surface area contributed by atoms with Crippen molar-refractivity contribution in [1.82, 2.24) is 0 Å². The van der Waals surface area contributed by atoms with Crippen molar-refractivity contribution in [3.63, 3.8) is 0 Å². The van der Waals surface area contributed by atoms with Crippen LogP contribution in [0.4, 0.5) is 0 Å². The number of hydrogen-bond donors (Lipinski definition) is 1. The summed E-state index contributed by atoms with van der Waals surface area (Å²) in [5, 5.41) is 8.43. The van der Waals surface area contributed by atoms with Crippen LogP contribution in [0, 0.1) is 0 Å². The first kappa shape index (κ1) is 26.3. The van der Waals surface area contributed by atoms with Gasteiger partial charge in [0.2, 0.25) is 0 Å². The zero-order valence-corrected chi connectivity index (χ0v) is 17.6. The van der Waals surface area contributed by atoms with Gasteiger partial charge in [0.05, 0.1) is 0 Å². The minimum atomic E-state index is -0.928. The first-order valence-electron chi connectivity index (χ1n) is 9.61. The van der Waals surface area contributed by atoms with E-state index in [-0.39, 0.29) is 5.78 Å². The highest BCUT2D eigenvalue weighted by Gasteiger charge is 1.90. The average Bonchev–Trinajstić information content (AvgIpc) is 2.71. The van der Waals surface area contributed by atoms with Crippen molar-refractivity contribution in [2.24, 2.45) is 0 Å². The predicted molar refractivity (Wildman–Crippen MR) is 128 cm³/mol. The Hall–Kier alpha value is -3.72. The van der Waals surface area contributed by atoms with Crippen LogP contribution >= 0.6 is 0 Å². The molecule has 0 amide bonds. The van der Waals surface area contributed by atoms with Crippen molar-refractivity contribution in [3.05, 3.63) is 133 Å². The van der Waals surface area contributed by atoms with Gasteiger partial charge >= 0.3 is 5.97 Å². The first-order chi connectivity index (χ1) is 14.5. The third-order valence-electron chi connectivity index (χ3n) is 3.35. The summed E-state index contributed by atoms with van der Waals surface area (Å²) in [4.78, 5) is 21.3. The van der Waals surface area contributed by atoms with E-state index in [0.717, 1.165) is 11.6 Å². The number of hydrogen-bond acceptors (Lipinski definition) is 2. The molecule has 0 aromatic heterocycles. The average molecular weight is 403 g/mol. The molecule has 0 spiro atoms. The summed E-state index contributed by atoms with van der Waals surface area (Å²) in [6.07, 6.45) is 39.5. The fourth-order valence-electron chi connectivity index (χ4n) is 1.68. The van der Waals surface area contributed by atoms with Crippen LogP contribution in [0.15, 0.2) is 133 Å². The molecule has 0 saturated heterocycles. The third-order valence-corrected chi connectivity index (χ3v) is 3.35. The van der Waals surface area contributed by atoms with E-state index in [2.05, 4.69) is 0 Å². The minimum Gasteiger partial charge on any atom is -0.478 e. The number of carbonyl (C=O) groups excluding carboxylic acids is 1. The van der Waals surface area contributed by atoms with Gasteiger partial charge in [-0.25, -0.2) is 4.79 Å². The Labute approximate surface area is 180 Å². The highest BCUT2D eigenvalue weighted by Crippen LogP contribution is 1.94. The summed E-state index contributed by atoms with van der Waals surface area (Å²) in [6, 6.07) is 0. The molecule has 30 heavy (non-hydrogen) atoms. The lowest BCUT2D eigenvalue weighted by Gasteiger charge is -1.87. The summed E-state index contributed by atoms with van der Waals surface area (Å²) >= 11 is 0. The number of aliphatic carboxylic acids is 1. The van der Waals surface area contributed by atoms with Crippen molar-refractivity contribution < 1.29 is 14.7 Å². The number of ketones is 1. The Morgan fingerprint density at radius 2 is 0.933 bits per heavy atom. The molecule has 0 heterocycles. The van der Waals surface area contributed by atoms with E-state index in [1.807, 2.05) is 109 Å². The minimum absolute atomic E-state index is 0.0817. The molecule has 0 fully saturated rings. The van der Waals surface area contributed by atoms with E-state index >= 15 is 0 Å². The van der Waals surface area contributed by atoms with Gasteiger partial charge in [0, 0.05) is 6.08 Å². The zero-order chi connectivity index (χ0) is 22.3. The van der Waals surface area contributed by atoms with Gasteiger partial charge in [0.25, 0.3) is 0 Å². The van der Waals surface area contributed by atoms with Gasteiger partial charge in [0.15, 0.2) is 5.78 Å². The largest absolute Gasteiger partial charge is 0.478 e. The molecular weight excluding hydrogens is 372 g/mol. The van der Waals surface area contributed by atoms with E-state index in [1.165, 1.54) is 0 Å². The van der Waals surface area contributed by atoms with E-state index in [1.54, 1.807) is 26.0 Å². The van der Waals surface area contributed by atoms with Crippen LogP contribution in [0.1, 0.15) is 20.3 Å². The number of allylic oxidation sites excluding steroid dienone is 21. The van der Waals surface area contributed by atoms with Crippen LogP contribution in [0.25, 0.3) is 0 Å². The van der Waals surface area contributed by atoms with Gasteiger partial charge in [-0.2, -0.15) is 0 Å². The molecule has 0 aromatic carbocycles. The van der Waals surface area contributed by atoms with Crippen molar-refractivity contribution in [1.29, 1.82) is 0 Å². The van der Waals surface area contributed by atoms with Crippen molar-refractivity contribution in [2.45, 2.75) is 20.3 Å². The Balaban J connectivity index is 4.01. The standard InChI is InChI=1S/C27H30O3/c1-25(26(2)28)23-21-19-17-15-13-11-9-7-5-3-4-6-8-10-12-14-16-18-20-22-24-27(29)30/h3-19,21-24H,20H2,1-2H3,(H,29,30)/b5-3-,6-4+,9-7+,10-8-,13-11+,14-12+,17-15-,18-16+,21-19+,24-22+,25-23+. The third kappa shape index (κ3) is 20.6. The van der Waals surface area contributed by atoms with Crippen LogP contribution in [0.2, 0.25) is 0 Å². The molecule has 0 aliphatic carbocycles. The van der Waals surface area contributed by atoms with Crippen molar-refractivity contribution >= 4 is 11.8 Å². The smallest absolute Gasteiger partial charge is 0.327 e. The number of carboxylic acids is 1. The van der Waals surface area contributed by atoms with E-state index in [0.29, 0.717) is 6.42 Å². The maximum absolute atomic E-state index is 11.0. The van der Waals surface area contributed by atoms with Crippen LogP contribution in [0.3, 0.4) is 0 Å². The normalized spacial score (nSPS) is 14.4. The second kappa shape index (κ2) is 20.0. The highest BCUT2D eigenvalue weighted by atomic mass is 16.4. The number of carboxylic acid groups (broad SMARTS) is 1. The van der Waals surface area contributed by atoms with Gasteiger partial charge in [0.1, 0.15) is 0 Å². The highest BCUT2D eigenvalue weighted by molar-refractivity contribution is 5.92. The molecule has 0 aromatic rings. The molecule has 0 aliphatic rings. The number of Topliss-reactive ketones (excluding diaryl/α,β-unsaturated/α-hetero) is 1. The van der Waals surface area contributed by atoms with Gasteiger partial charge in [-0.05, 0) is 25.8 Å². The van der Waals surface area contributed by atoms with Gasteiger partial charge < -0.3 is 5.11 Å². The molecule has 0 rings (SSSR count). The van der Waals surface area contributed by atoms with Crippen molar-refractivity contribution in [3.8, 4) is 0 Å². The molecule has 0 atom stereocenters. The van der Waals surface area contributed by atoms with Crippen LogP contribution in [-0.4, -0.2) is 16.9 Å². The molecule has 1 N–H and O–H groups in total. The Bertz CT molecular complexity index is 833. The Morgan fingerprint density at radius 3 is 1.30 bits per heavy atom. The summed E-state index contributed by atoms with van der Waals surface area (Å²) in [5.41, 5.74) is 0.739. The van der Waals surface area contributed by atoms with Gasteiger partial charge in [-0.1, -0.05) is 122 Å². The molecular formula is C27H30O3. The van der Waals surface area contributed by atoms with Crippen LogP contribution in [-0.2, 0) is 9.59 Å². The zero-order valence-electron chi connectivity index (χ0n) is 17.6. The predicted octanol–water partition coefficient (Wildman–Crippen LogP) is 6.56. The molecule has 0 unspecified atom stereocenters. The maximum Gasteiger partial charge on any atom is 0.327 e. The quantitative estimate of drug-likeness (QED) is 0.280. The lowest BCUT2D eigenvalue weighted by molar-refractivity contribution is -0.131. The molecule has 0 aliphatic heterocycles. The second-order valence-electron chi connectivity index (χ2n) is 5.89. The molecule has 0 radical (unpaired) electrons. The summed E-state index contributed by atoms with van der Waals surface area (Å²) in [5.74, 6) is -0.847. The first-order valence-corrected chi connectivity index (χ1v) is 9.61. The van der Waals surface area contributed by atoms with E-state index < -0.39 is 5.97 Å². The molecule has 3 nitrogen and oxygen atoms in total. The number of carbonyl (C=O) groups is 2. The molecule has 156 valence electrons. The Morgan fingerprint density at radius 1 is 0.567 bits per heavy atom. The summed E-state index contributed by atoms with van der Waals surface area (Å²) in [7, 11) is 0. The fourth-order valence-corrected chi connectivity index (χ4v) is 1.68. The number of rotatable bonds is 13. The lowest BCUT2D eigenvalue weighted by Crippen LogP contribution is -1.89. The SMILES string of the molecule is CC(=O)/C(C)=C/C=C/C=C\C=C\C=C\C=C/C=C/C=C\C=C\C=C\C/C=C/C(=O)O. The second-order valence-corrected chi connectivity index (χ2v) is 5.89. The Kier molecular flexibility index (Phi) is 17.5. The van der Waals surface area contributed by atoms with Gasteiger partial charge in [-0.15, -0.1) is 0 Å². The van der Waals surface area contributed by atoms with Crippen LogP contribution in [0.5, 0.6) is 0 Å². The topological polar surface area (TPSA) is 54.4 Å². The van der Waals surface area contributed by atoms with Gasteiger partial charge in [-0.3, -0.25) is 4.79 Å². The lowest BCUT2D eigenvalue weighted by atomic mass is 10.2. The van der Waals surface area contributed by atoms with Crippen LogP contribution < -0.4 is 0 Å². The molecule has 3 heteroatoms. The molecule has 0 saturated carbocycles. The van der Waals surface area contributed by atoms with E-state index in [4.69, 9.17) is 5.11 Å². The summed E-state index contributed by atoms with van der Waals surface area (Å²) < 4.78 is 0. The monoisotopic (exact) mass is 402 g/mol. The molecule has 0 bridgehead atoms. The van der Waals surface area contributed by atoms with Crippen molar-refractivity contribution in [2.75, 3.05) is 0 Å². The summed E-state index contributed by atoms with van der Waals surface area (Å²) in [6.45, 7) is 3.35. The fraction of sp³-hybridized carbons (Fsp3) is 0.111.